The van der Waals surface area contributed by atoms with Crippen LogP contribution in [0.3, 0.4) is 0 Å². The molecule has 0 saturated carbocycles. The highest BCUT2D eigenvalue weighted by Crippen LogP contribution is 2.19. The minimum absolute atomic E-state index is 0.118. The molecule has 14 heavy (non-hydrogen) atoms. The number of thioether (sulfide) groups is 1. The van der Waals surface area contributed by atoms with Crippen molar-refractivity contribution in [2.45, 2.75) is 17.9 Å². The first-order valence-corrected chi connectivity index (χ1v) is 5.67. The van der Waals surface area contributed by atoms with Crippen LogP contribution in [0.15, 0.2) is 29.2 Å². The predicted molar refractivity (Wildman–Crippen MR) is 59.6 cm³/mol. The van der Waals surface area contributed by atoms with E-state index >= 15 is 0 Å². The molecule has 3 heteroatoms. The van der Waals surface area contributed by atoms with Gasteiger partial charge in [0.25, 0.3) is 0 Å². The van der Waals surface area contributed by atoms with E-state index in [4.69, 9.17) is 9.84 Å². The number of rotatable bonds is 6. The van der Waals surface area contributed by atoms with Crippen LogP contribution in [0.5, 0.6) is 0 Å². The van der Waals surface area contributed by atoms with Crippen molar-refractivity contribution in [3.8, 4) is 0 Å². The van der Waals surface area contributed by atoms with Crippen LogP contribution in [0.1, 0.15) is 12.0 Å². The van der Waals surface area contributed by atoms with Crippen molar-refractivity contribution in [1.29, 1.82) is 0 Å². The second-order valence-corrected chi connectivity index (χ2v) is 4.17. The smallest absolute Gasteiger partial charge is 0.0682 e. The maximum atomic E-state index is 8.94. The Hall–Kier alpha value is -0.510. The molecule has 1 N–H and O–H groups in total. The molecule has 1 aromatic carbocycles. The second-order valence-electron chi connectivity index (χ2n) is 3.00. The Balaban J connectivity index is 2.34. The van der Waals surface area contributed by atoms with Crippen LogP contribution in [-0.4, -0.2) is 24.6 Å². The molecule has 0 radical (unpaired) electrons. The summed E-state index contributed by atoms with van der Waals surface area (Å²) in [7, 11) is 1.72. The van der Waals surface area contributed by atoms with Crippen molar-refractivity contribution in [2.24, 2.45) is 0 Å². The monoisotopic (exact) mass is 212 g/mol. The Labute approximate surface area is 89.3 Å². The largest absolute Gasteiger partial charge is 0.392 e. The summed E-state index contributed by atoms with van der Waals surface area (Å²) in [5.41, 5.74) is 0.974. The summed E-state index contributed by atoms with van der Waals surface area (Å²) in [5.74, 6) is 1.06. The van der Waals surface area contributed by atoms with Gasteiger partial charge in [-0.05, 0) is 24.1 Å². The molecule has 0 saturated heterocycles. The van der Waals surface area contributed by atoms with Gasteiger partial charge < -0.3 is 9.84 Å². The lowest BCUT2D eigenvalue weighted by molar-refractivity contribution is 0.200. The minimum atomic E-state index is 0.118. The Bertz CT molecular complexity index is 263. The van der Waals surface area contributed by atoms with Crippen molar-refractivity contribution in [1.82, 2.24) is 0 Å². The van der Waals surface area contributed by atoms with Crippen molar-refractivity contribution >= 4 is 11.8 Å². The lowest BCUT2D eigenvalue weighted by Gasteiger charge is -2.02. The molecule has 2 nitrogen and oxygen atoms in total. The Morgan fingerprint density at radius 3 is 3.00 bits per heavy atom. The standard InChI is InChI=1S/C11H16O2S/c1-13-6-3-7-14-11-5-2-4-10(8-11)9-12/h2,4-5,8,12H,3,6-7,9H2,1H3. The fraction of sp³-hybridized carbons (Fsp3) is 0.455. The number of hydrogen-bond donors (Lipinski definition) is 1. The lowest BCUT2D eigenvalue weighted by Crippen LogP contribution is -1.90. The maximum absolute atomic E-state index is 8.94. The topological polar surface area (TPSA) is 29.5 Å². The minimum Gasteiger partial charge on any atom is -0.392 e. The molecule has 0 aliphatic carbocycles. The summed E-state index contributed by atoms with van der Waals surface area (Å²) in [4.78, 5) is 1.22. The van der Waals surface area contributed by atoms with Crippen LogP contribution in [0, 0.1) is 0 Å². The van der Waals surface area contributed by atoms with Gasteiger partial charge >= 0.3 is 0 Å². The highest BCUT2D eigenvalue weighted by molar-refractivity contribution is 7.99. The average Bonchev–Trinajstić information content (AvgIpc) is 2.25. The highest BCUT2D eigenvalue weighted by atomic mass is 32.2. The maximum Gasteiger partial charge on any atom is 0.0682 e. The fourth-order valence-electron chi connectivity index (χ4n) is 1.13. The van der Waals surface area contributed by atoms with Crippen molar-refractivity contribution < 1.29 is 9.84 Å². The number of methoxy groups -OCH3 is 1. The van der Waals surface area contributed by atoms with Gasteiger partial charge in [0.2, 0.25) is 0 Å². The molecule has 0 atom stereocenters. The van der Waals surface area contributed by atoms with Crippen LogP contribution in [0.4, 0.5) is 0 Å². The zero-order valence-corrected chi connectivity index (χ0v) is 9.22. The van der Waals surface area contributed by atoms with E-state index in [1.165, 1.54) is 4.90 Å². The quantitative estimate of drug-likeness (QED) is 0.579. The third-order valence-electron chi connectivity index (χ3n) is 1.84. The lowest BCUT2D eigenvalue weighted by atomic mass is 10.2. The van der Waals surface area contributed by atoms with Gasteiger partial charge in [-0.1, -0.05) is 12.1 Å². The van der Waals surface area contributed by atoms with Gasteiger partial charge in [-0.2, -0.15) is 0 Å². The van der Waals surface area contributed by atoms with Crippen molar-refractivity contribution in [2.75, 3.05) is 19.5 Å². The van der Waals surface area contributed by atoms with Crippen molar-refractivity contribution in [3.05, 3.63) is 29.8 Å². The van der Waals surface area contributed by atoms with Crippen molar-refractivity contribution in [3.63, 3.8) is 0 Å². The molecule has 0 aliphatic heterocycles. The normalized spacial score (nSPS) is 10.4. The van der Waals surface area contributed by atoms with E-state index in [2.05, 4.69) is 6.07 Å². The molecular weight excluding hydrogens is 196 g/mol. The van der Waals surface area contributed by atoms with Gasteiger partial charge in [0.15, 0.2) is 0 Å². The number of aliphatic hydroxyl groups excluding tert-OH is 1. The summed E-state index contributed by atoms with van der Waals surface area (Å²) < 4.78 is 4.97. The summed E-state index contributed by atoms with van der Waals surface area (Å²) in [6.45, 7) is 0.930. The molecule has 0 spiro atoms. The van der Waals surface area contributed by atoms with E-state index in [9.17, 15) is 0 Å². The summed E-state index contributed by atoms with van der Waals surface area (Å²) in [6.07, 6.45) is 1.06. The SMILES string of the molecule is COCCCSc1cccc(CO)c1. The molecule has 0 fully saturated rings. The molecule has 0 aromatic heterocycles. The summed E-state index contributed by atoms with van der Waals surface area (Å²) in [6, 6.07) is 8.00. The second kappa shape index (κ2) is 6.87. The number of aliphatic hydroxyl groups is 1. The molecule has 0 unspecified atom stereocenters. The van der Waals surface area contributed by atoms with Crippen LogP contribution in [0.25, 0.3) is 0 Å². The van der Waals surface area contributed by atoms with Gasteiger partial charge in [-0.3, -0.25) is 0 Å². The fourth-order valence-corrected chi connectivity index (χ4v) is 2.03. The molecule has 78 valence electrons. The van der Waals surface area contributed by atoms with E-state index in [-0.39, 0.29) is 6.61 Å². The molecule has 0 heterocycles. The zero-order chi connectivity index (χ0) is 10.2. The Kier molecular flexibility index (Phi) is 5.68. The molecule has 0 bridgehead atoms. The van der Waals surface area contributed by atoms with Gasteiger partial charge in [-0.25, -0.2) is 0 Å². The Morgan fingerprint density at radius 1 is 1.43 bits per heavy atom. The Morgan fingerprint density at radius 2 is 2.29 bits per heavy atom. The third-order valence-corrected chi connectivity index (χ3v) is 2.92. The first kappa shape index (κ1) is 11.6. The van der Waals surface area contributed by atoms with Crippen LogP contribution in [0.2, 0.25) is 0 Å². The van der Waals surface area contributed by atoms with Crippen LogP contribution >= 0.6 is 11.8 Å². The van der Waals surface area contributed by atoms with Crippen LogP contribution in [-0.2, 0) is 11.3 Å². The van der Waals surface area contributed by atoms with E-state index in [0.29, 0.717) is 0 Å². The van der Waals surface area contributed by atoms with E-state index in [0.717, 1.165) is 24.3 Å². The zero-order valence-electron chi connectivity index (χ0n) is 8.40. The number of benzene rings is 1. The van der Waals surface area contributed by atoms with E-state index < -0.39 is 0 Å². The molecule has 0 aliphatic rings. The number of ether oxygens (including phenoxy) is 1. The molecule has 1 aromatic rings. The van der Waals surface area contributed by atoms with Gasteiger partial charge in [0.05, 0.1) is 6.61 Å². The molecular formula is C11H16O2S. The molecule has 1 rings (SSSR count). The first-order chi connectivity index (χ1) is 6.86. The van der Waals surface area contributed by atoms with Gasteiger partial charge in [0.1, 0.15) is 0 Å². The highest BCUT2D eigenvalue weighted by Gasteiger charge is 1.95. The number of hydrogen-bond acceptors (Lipinski definition) is 3. The van der Waals surface area contributed by atoms with Crippen LogP contribution < -0.4 is 0 Å². The van der Waals surface area contributed by atoms with E-state index in [1.54, 1.807) is 18.9 Å². The van der Waals surface area contributed by atoms with Gasteiger partial charge in [0, 0.05) is 24.4 Å². The average molecular weight is 212 g/mol. The third kappa shape index (κ3) is 4.13. The summed E-state index contributed by atoms with van der Waals surface area (Å²) >= 11 is 1.80. The first-order valence-electron chi connectivity index (χ1n) is 4.68. The predicted octanol–water partition coefficient (Wildman–Crippen LogP) is 2.31. The molecule has 0 amide bonds. The summed E-state index contributed by atoms with van der Waals surface area (Å²) in [5, 5.41) is 8.94. The van der Waals surface area contributed by atoms with E-state index in [1.807, 2.05) is 18.2 Å². The van der Waals surface area contributed by atoms with Gasteiger partial charge in [-0.15, -0.1) is 11.8 Å².